The molecule has 0 aromatic heterocycles. The average molecular weight is 343 g/mol. The van der Waals surface area contributed by atoms with Crippen molar-refractivity contribution in [2.75, 3.05) is 28.4 Å². The predicted octanol–water partition coefficient (Wildman–Crippen LogP) is -0.406. The molecule has 2 rings (SSSR count). The molecule has 9 heteroatoms. The van der Waals surface area contributed by atoms with Crippen molar-refractivity contribution in [3.8, 4) is 0 Å². The van der Waals surface area contributed by atoms with Gasteiger partial charge in [0.2, 0.25) is 11.6 Å². The van der Waals surface area contributed by atoms with Crippen molar-refractivity contribution >= 4 is 17.8 Å². The molecule has 0 radical (unpaired) electrons. The van der Waals surface area contributed by atoms with E-state index >= 15 is 0 Å². The van der Waals surface area contributed by atoms with E-state index < -0.39 is 41.6 Å². The van der Waals surface area contributed by atoms with Crippen LogP contribution in [0.3, 0.4) is 0 Å². The van der Waals surface area contributed by atoms with Crippen molar-refractivity contribution < 1.29 is 38.1 Å². The minimum Gasteiger partial charge on any atom is -0.467 e. The Hall–Kier alpha value is -1.81. The number of carbonyl (C=O) groups excluding carboxylic acids is 3. The van der Waals surface area contributed by atoms with Gasteiger partial charge in [-0.3, -0.25) is 14.5 Å². The summed E-state index contributed by atoms with van der Waals surface area (Å²) in [5.41, 5.74) is -0.0145. The third kappa shape index (κ3) is 2.63. The van der Waals surface area contributed by atoms with Gasteiger partial charge in [-0.1, -0.05) is 0 Å². The van der Waals surface area contributed by atoms with E-state index in [4.69, 9.17) is 23.7 Å². The van der Waals surface area contributed by atoms with E-state index in [1.807, 2.05) is 0 Å². The molecule has 134 valence electrons. The van der Waals surface area contributed by atoms with Crippen LogP contribution in [-0.4, -0.2) is 74.8 Å². The van der Waals surface area contributed by atoms with Gasteiger partial charge in [0.25, 0.3) is 11.8 Å². The third-order valence-corrected chi connectivity index (χ3v) is 4.48. The normalized spacial score (nSPS) is 36.8. The Morgan fingerprint density at radius 2 is 1.67 bits per heavy atom. The summed E-state index contributed by atoms with van der Waals surface area (Å²) in [4.78, 5) is 37.1. The average Bonchev–Trinajstić information content (AvgIpc) is 2.83. The summed E-state index contributed by atoms with van der Waals surface area (Å²) < 4.78 is 27.1. The van der Waals surface area contributed by atoms with E-state index in [1.54, 1.807) is 6.92 Å². The number of hydrogen-bond acceptors (Lipinski definition) is 8. The molecule has 0 saturated carbocycles. The number of hydrogen-bond donors (Lipinski definition) is 0. The Bertz CT molecular complexity index is 602. The van der Waals surface area contributed by atoms with Crippen molar-refractivity contribution in [1.29, 1.82) is 0 Å². The summed E-state index contributed by atoms with van der Waals surface area (Å²) in [6, 6.07) is 0. The Kier molecular flexibility index (Phi) is 4.82. The van der Waals surface area contributed by atoms with Crippen molar-refractivity contribution in [2.24, 2.45) is 0 Å². The quantitative estimate of drug-likeness (QED) is 0.502. The van der Waals surface area contributed by atoms with Gasteiger partial charge in [0.15, 0.2) is 6.10 Å². The fourth-order valence-corrected chi connectivity index (χ4v) is 2.59. The maximum Gasteiger partial charge on any atom is 0.338 e. The number of amides is 2. The van der Waals surface area contributed by atoms with Crippen LogP contribution in [0.15, 0.2) is 11.6 Å². The first-order chi connectivity index (χ1) is 11.1. The van der Waals surface area contributed by atoms with Crippen LogP contribution in [0.25, 0.3) is 0 Å². The maximum atomic E-state index is 12.3. The summed E-state index contributed by atoms with van der Waals surface area (Å²) in [7, 11) is 5.25. The van der Waals surface area contributed by atoms with E-state index in [-0.39, 0.29) is 5.57 Å². The summed E-state index contributed by atoms with van der Waals surface area (Å²) in [5, 5.41) is 0. The Balaban J connectivity index is 2.48. The van der Waals surface area contributed by atoms with Crippen LogP contribution in [0.5, 0.6) is 0 Å². The zero-order valence-electron chi connectivity index (χ0n) is 14.4. The molecule has 0 bridgehead atoms. The Morgan fingerprint density at radius 1 is 1.12 bits per heavy atom. The standard InChI is InChI=1S/C15H21NO8/c1-14(21-5)15(2,22-6)24-11(13(19)20-4)10(23-14)8-7-9(17)16(3)12(8)18/h7,10-11H,1-6H3/t10-,11+,14+,15+/m0/s1. The molecular formula is C15H21NO8. The minimum absolute atomic E-state index is 0.0145. The fraction of sp³-hybridized carbons (Fsp3) is 0.667. The SMILES string of the molecule is COC(=O)[C@@H]1O[C@@](C)(OC)[C@](C)(OC)O[C@H]1C1=CC(=O)N(C)C1=O. The molecule has 0 aromatic rings. The van der Waals surface area contributed by atoms with Gasteiger partial charge in [-0.15, -0.1) is 0 Å². The molecule has 0 spiro atoms. The lowest BCUT2D eigenvalue weighted by Crippen LogP contribution is -2.67. The molecule has 4 atom stereocenters. The lowest BCUT2D eigenvalue weighted by molar-refractivity contribution is -0.438. The van der Waals surface area contributed by atoms with Crippen LogP contribution in [-0.2, 0) is 38.1 Å². The van der Waals surface area contributed by atoms with Crippen LogP contribution >= 0.6 is 0 Å². The maximum absolute atomic E-state index is 12.3. The van der Waals surface area contributed by atoms with E-state index in [2.05, 4.69) is 0 Å². The van der Waals surface area contributed by atoms with Gasteiger partial charge < -0.3 is 23.7 Å². The molecule has 1 fully saturated rings. The van der Waals surface area contributed by atoms with Crippen LogP contribution in [0, 0.1) is 0 Å². The number of esters is 1. The highest BCUT2D eigenvalue weighted by atomic mass is 16.8. The second-order valence-corrected chi connectivity index (χ2v) is 5.70. The molecular weight excluding hydrogens is 322 g/mol. The molecule has 2 aliphatic heterocycles. The summed E-state index contributed by atoms with van der Waals surface area (Å²) in [6.45, 7) is 3.08. The van der Waals surface area contributed by atoms with Crippen molar-refractivity contribution in [3.05, 3.63) is 11.6 Å². The predicted molar refractivity (Wildman–Crippen MR) is 78.5 cm³/mol. The number of ether oxygens (including phenoxy) is 5. The Morgan fingerprint density at radius 3 is 2.08 bits per heavy atom. The lowest BCUT2D eigenvalue weighted by atomic mass is 9.98. The minimum atomic E-state index is -1.45. The van der Waals surface area contributed by atoms with Gasteiger partial charge >= 0.3 is 5.97 Å². The molecule has 24 heavy (non-hydrogen) atoms. The lowest BCUT2D eigenvalue weighted by Gasteiger charge is -2.51. The summed E-state index contributed by atoms with van der Waals surface area (Å²) >= 11 is 0. The number of likely N-dealkylation sites (N-methyl/N-ethyl adjacent to an activating group) is 1. The van der Waals surface area contributed by atoms with Gasteiger partial charge in [-0.05, 0) is 13.8 Å². The van der Waals surface area contributed by atoms with Crippen molar-refractivity contribution in [2.45, 2.75) is 37.6 Å². The molecule has 2 aliphatic rings. The first-order valence-electron chi connectivity index (χ1n) is 7.21. The number of imide groups is 1. The third-order valence-electron chi connectivity index (χ3n) is 4.48. The molecule has 2 heterocycles. The topological polar surface area (TPSA) is 101 Å². The van der Waals surface area contributed by atoms with Crippen molar-refractivity contribution in [3.63, 3.8) is 0 Å². The van der Waals surface area contributed by atoms with Crippen molar-refractivity contribution in [1.82, 2.24) is 4.90 Å². The molecule has 0 N–H and O–H groups in total. The monoisotopic (exact) mass is 343 g/mol. The molecule has 2 amide bonds. The van der Waals surface area contributed by atoms with Crippen LogP contribution in [0.4, 0.5) is 0 Å². The van der Waals surface area contributed by atoms with Crippen LogP contribution in [0.2, 0.25) is 0 Å². The van der Waals surface area contributed by atoms with Gasteiger partial charge in [-0.25, -0.2) is 4.79 Å². The Labute approximate surface area is 139 Å². The second-order valence-electron chi connectivity index (χ2n) is 5.70. The summed E-state index contributed by atoms with van der Waals surface area (Å²) in [6.07, 6.45) is -1.39. The first-order valence-corrected chi connectivity index (χ1v) is 7.21. The van der Waals surface area contributed by atoms with Gasteiger partial charge in [0.05, 0.1) is 12.7 Å². The molecule has 9 nitrogen and oxygen atoms in total. The second kappa shape index (κ2) is 6.25. The van der Waals surface area contributed by atoms with Gasteiger partial charge in [0.1, 0.15) is 6.10 Å². The number of nitrogens with zero attached hydrogens (tertiary/aromatic N) is 1. The number of rotatable bonds is 4. The summed E-state index contributed by atoms with van der Waals surface area (Å²) in [5.74, 6) is -4.75. The fourth-order valence-electron chi connectivity index (χ4n) is 2.59. The highest BCUT2D eigenvalue weighted by molar-refractivity contribution is 6.16. The van der Waals surface area contributed by atoms with E-state index in [0.29, 0.717) is 0 Å². The largest absolute Gasteiger partial charge is 0.467 e. The number of carbonyl (C=O) groups is 3. The molecule has 0 aliphatic carbocycles. The molecule has 0 unspecified atom stereocenters. The molecule has 0 aromatic carbocycles. The first kappa shape index (κ1) is 18.5. The zero-order valence-corrected chi connectivity index (χ0v) is 14.4. The smallest absolute Gasteiger partial charge is 0.338 e. The van der Waals surface area contributed by atoms with E-state index in [0.717, 1.165) is 11.0 Å². The highest BCUT2D eigenvalue weighted by Crippen LogP contribution is 2.42. The highest BCUT2D eigenvalue weighted by Gasteiger charge is 2.60. The zero-order chi connectivity index (χ0) is 18.3. The molecule has 1 saturated heterocycles. The van der Waals surface area contributed by atoms with Gasteiger partial charge in [-0.2, -0.15) is 0 Å². The number of methoxy groups -OCH3 is 3. The van der Waals surface area contributed by atoms with Gasteiger partial charge in [0, 0.05) is 27.3 Å². The van der Waals surface area contributed by atoms with E-state index in [1.165, 1.54) is 35.3 Å². The van der Waals surface area contributed by atoms with Crippen LogP contribution < -0.4 is 0 Å². The van der Waals surface area contributed by atoms with E-state index in [9.17, 15) is 14.4 Å². The van der Waals surface area contributed by atoms with Crippen LogP contribution in [0.1, 0.15) is 13.8 Å².